The van der Waals surface area contributed by atoms with E-state index < -0.39 is 0 Å². The minimum Gasteiger partial charge on any atom is -0.357 e. The standard InChI is InChI=1S/C20H21N3S/c1-2-5-16-14(4-1)15-7-10-23-19(17-6-3-13-24-17)22-11-8-20(23,9-12-22)18(15)21-16/h1-6,13,19,21H,7-12H2/t19-/m1/s1. The summed E-state index contributed by atoms with van der Waals surface area (Å²) in [5.41, 5.74) is 4.65. The average molecular weight is 335 g/mol. The summed E-state index contributed by atoms with van der Waals surface area (Å²) < 4.78 is 0. The molecule has 1 atom stereocenters. The van der Waals surface area contributed by atoms with Crippen molar-refractivity contribution in [2.45, 2.75) is 31.0 Å². The van der Waals surface area contributed by atoms with Crippen LogP contribution in [0.3, 0.4) is 0 Å². The molecular weight excluding hydrogens is 314 g/mol. The Morgan fingerprint density at radius 3 is 2.75 bits per heavy atom. The van der Waals surface area contributed by atoms with E-state index in [-0.39, 0.29) is 5.54 Å². The number of nitrogens with zero attached hydrogens (tertiary/aromatic N) is 2. The first kappa shape index (κ1) is 13.6. The lowest BCUT2D eigenvalue weighted by Gasteiger charge is -2.61. The fourth-order valence-corrected chi connectivity index (χ4v) is 6.32. The number of piperidine rings is 1. The predicted octanol–water partition coefficient (Wildman–Crippen LogP) is 4.09. The molecular formula is C20H21N3S. The Bertz CT molecular complexity index is 902. The molecule has 1 N–H and O–H groups in total. The smallest absolute Gasteiger partial charge is 0.0988 e. The lowest BCUT2D eigenvalue weighted by molar-refractivity contribution is -0.148. The van der Waals surface area contributed by atoms with E-state index in [0.717, 1.165) is 6.42 Å². The Labute approximate surface area is 145 Å². The van der Waals surface area contributed by atoms with Gasteiger partial charge < -0.3 is 4.98 Å². The molecule has 4 heteroatoms. The molecule has 2 bridgehead atoms. The molecule has 1 spiro atoms. The maximum absolute atomic E-state index is 3.84. The fraction of sp³-hybridized carbons (Fsp3) is 0.400. The number of fused-ring (bicyclic) bond motifs is 5. The molecule has 4 aliphatic rings. The molecule has 4 aliphatic heterocycles. The van der Waals surface area contributed by atoms with E-state index in [2.05, 4.69) is 56.6 Å². The monoisotopic (exact) mass is 335 g/mol. The zero-order valence-corrected chi connectivity index (χ0v) is 14.5. The number of hydrogen-bond acceptors (Lipinski definition) is 3. The van der Waals surface area contributed by atoms with Gasteiger partial charge in [-0.05, 0) is 42.3 Å². The third kappa shape index (κ3) is 1.59. The van der Waals surface area contributed by atoms with Gasteiger partial charge in [-0.25, -0.2) is 0 Å². The van der Waals surface area contributed by atoms with Crippen LogP contribution in [-0.2, 0) is 12.0 Å². The molecule has 122 valence electrons. The highest BCUT2D eigenvalue weighted by Crippen LogP contribution is 2.54. The van der Waals surface area contributed by atoms with Gasteiger partial charge in [0.15, 0.2) is 0 Å². The quantitative estimate of drug-likeness (QED) is 0.723. The van der Waals surface area contributed by atoms with E-state index in [4.69, 9.17) is 0 Å². The lowest BCUT2D eigenvalue weighted by atomic mass is 9.74. The van der Waals surface area contributed by atoms with Crippen LogP contribution in [0.5, 0.6) is 0 Å². The van der Waals surface area contributed by atoms with Crippen LogP contribution in [0.25, 0.3) is 10.9 Å². The van der Waals surface area contributed by atoms with Crippen LogP contribution in [-0.4, -0.2) is 34.4 Å². The maximum atomic E-state index is 3.84. The maximum Gasteiger partial charge on any atom is 0.0988 e. The van der Waals surface area contributed by atoms with Crippen LogP contribution < -0.4 is 0 Å². The van der Waals surface area contributed by atoms with Crippen LogP contribution in [0.4, 0.5) is 0 Å². The van der Waals surface area contributed by atoms with E-state index in [1.54, 1.807) is 5.56 Å². The summed E-state index contributed by atoms with van der Waals surface area (Å²) >= 11 is 1.91. The Morgan fingerprint density at radius 1 is 1.04 bits per heavy atom. The van der Waals surface area contributed by atoms with Gasteiger partial charge in [0.05, 0.1) is 11.7 Å². The molecule has 0 radical (unpaired) electrons. The number of H-pyrrole nitrogens is 1. The number of thiophene rings is 1. The van der Waals surface area contributed by atoms with Crippen molar-refractivity contribution in [3.63, 3.8) is 0 Å². The predicted molar refractivity (Wildman–Crippen MR) is 98.3 cm³/mol. The number of nitrogens with one attached hydrogen (secondary N) is 1. The number of aromatic amines is 1. The molecule has 0 saturated carbocycles. The number of aromatic nitrogens is 1. The normalized spacial score (nSPS) is 32.0. The van der Waals surface area contributed by atoms with E-state index in [0.29, 0.717) is 6.17 Å². The second-order valence-corrected chi connectivity index (χ2v) is 8.40. The van der Waals surface area contributed by atoms with E-state index >= 15 is 0 Å². The van der Waals surface area contributed by atoms with Crippen LogP contribution in [0.2, 0.25) is 0 Å². The van der Waals surface area contributed by atoms with Crippen LogP contribution in [0.15, 0.2) is 41.8 Å². The van der Waals surface area contributed by atoms with Crippen molar-refractivity contribution in [2.24, 2.45) is 0 Å². The second-order valence-electron chi connectivity index (χ2n) is 7.42. The molecule has 24 heavy (non-hydrogen) atoms. The Hall–Kier alpha value is -1.62. The molecule has 3 fully saturated rings. The first-order valence-corrected chi connectivity index (χ1v) is 9.89. The Morgan fingerprint density at radius 2 is 1.92 bits per heavy atom. The fourth-order valence-electron chi connectivity index (χ4n) is 5.45. The molecule has 6 heterocycles. The minimum atomic E-state index is 0.218. The van der Waals surface area contributed by atoms with Crippen molar-refractivity contribution in [3.05, 3.63) is 57.9 Å². The highest BCUT2D eigenvalue weighted by atomic mass is 32.1. The van der Waals surface area contributed by atoms with Crippen molar-refractivity contribution in [3.8, 4) is 0 Å². The first-order chi connectivity index (χ1) is 11.9. The molecule has 1 aromatic carbocycles. The summed E-state index contributed by atoms with van der Waals surface area (Å²) in [5.74, 6) is 0. The van der Waals surface area contributed by atoms with Crippen LogP contribution in [0.1, 0.15) is 35.1 Å². The zero-order valence-electron chi connectivity index (χ0n) is 13.7. The van der Waals surface area contributed by atoms with E-state index in [9.17, 15) is 0 Å². The zero-order chi connectivity index (χ0) is 15.7. The SMILES string of the molecule is c1csc([C@@H]2N3CCC4(CC3)c3[nH]c5ccccc5c3CCN24)c1. The van der Waals surface area contributed by atoms with Gasteiger partial charge in [-0.3, -0.25) is 9.80 Å². The molecule has 0 aliphatic carbocycles. The van der Waals surface area contributed by atoms with Crippen molar-refractivity contribution in [1.29, 1.82) is 0 Å². The summed E-state index contributed by atoms with van der Waals surface area (Å²) in [6.45, 7) is 3.61. The third-order valence-corrected chi connectivity index (χ3v) is 7.41. The Kier molecular flexibility index (Phi) is 2.68. The summed E-state index contributed by atoms with van der Waals surface area (Å²) in [6.07, 6.45) is 4.16. The number of benzene rings is 1. The number of hydrogen-bond donors (Lipinski definition) is 1. The van der Waals surface area contributed by atoms with Gasteiger partial charge in [0.1, 0.15) is 0 Å². The topological polar surface area (TPSA) is 22.3 Å². The Balaban J connectivity index is 1.56. The number of para-hydroxylation sites is 1. The summed E-state index contributed by atoms with van der Waals surface area (Å²) in [4.78, 5) is 10.9. The molecule has 7 rings (SSSR count). The largest absolute Gasteiger partial charge is 0.357 e. The van der Waals surface area contributed by atoms with Gasteiger partial charge in [0.25, 0.3) is 0 Å². The van der Waals surface area contributed by atoms with Gasteiger partial charge in [0, 0.05) is 41.1 Å². The van der Waals surface area contributed by atoms with E-state index in [1.807, 2.05) is 11.3 Å². The van der Waals surface area contributed by atoms with Crippen molar-refractivity contribution >= 4 is 22.2 Å². The van der Waals surface area contributed by atoms with E-state index in [1.165, 1.54) is 53.9 Å². The molecule has 0 amide bonds. The van der Waals surface area contributed by atoms with Crippen molar-refractivity contribution < 1.29 is 0 Å². The molecule has 0 unspecified atom stereocenters. The second kappa shape index (κ2) is 4.72. The van der Waals surface area contributed by atoms with Gasteiger partial charge in [-0.15, -0.1) is 11.3 Å². The molecule has 3 saturated heterocycles. The third-order valence-electron chi connectivity index (χ3n) is 6.50. The highest BCUT2D eigenvalue weighted by Gasteiger charge is 2.55. The van der Waals surface area contributed by atoms with Crippen molar-refractivity contribution in [1.82, 2.24) is 14.8 Å². The van der Waals surface area contributed by atoms with Crippen molar-refractivity contribution in [2.75, 3.05) is 19.6 Å². The average Bonchev–Trinajstić information content (AvgIpc) is 3.29. The van der Waals surface area contributed by atoms with Crippen LogP contribution >= 0.6 is 11.3 Å². The first-order valence-electron chi connectivity index (χ1n) is 9.01. The highest BCUT2D eigenvalue weighted by molar-refractivity contribution is 7.10. The molecule has 2 aromatic heterocycles. The number of rotatable bonds is 1. The minimum absolute atomic E-state index is 0.218. The van der Waals surface area contributed by atoms with Gasteiger partial charge in [0.2, 0.25) is 0 Å². The summed E-state index contributed by atoms with van der Waals surface area (Å²) in [6, 6.07) is 13.4. The summed E-state index contributed by atoms with van der Waals surface area (Å²) in [5, 5.41) is 3.67. The van der Waals surface area contributed by atoms with Gasteiger partial charge in [-0.2, -0.15) is 0 Å². The lowest BCUT2D eigenvalue weighted by Crippen LogP contribution is -2.66. The van der Waals surface area contributed by atoms with Gasteiger partial charge >= 0.3 is 0 Å². The summed E-state index contributed by atoms with van der Waals surface area (Å²) in [7, 11) is 0. The van der Waals surface area contributed by atoms with Gasteiger partial charge in [-0.1, -0.05) is 24.3 Å². The van der Waals surface area contributed by atoms with Crippen LogP contribution in [0, 0.1) is 0 Å². The molecule has 3 aromatic rings. The molecule has 3 nitrogen and oxygen atoms in total.